The van der Waals surface area contributed by atoms with Crippen LogP contribution in [0.1, 0.15) is 10.4 Å². The Morgan fingerprint density at radius 3 is 2.53 bits per heavy atom. The number of hydrogen-bond donors (Lipinski definition) is 3. The van der Waals surface area contributed by atoms with E-state index in [1.807, 2.05) is 0 Å². The summed E-state index contributed by atoms with van der Waals surface area (Å²) in [5.74, 6) is -3.96. The van der Waals surface area contributed by atoms with Crippen molar-refractivity contribution in [3.63, 3.8) is 0 Å². The number of ether oxygens (including phenoxy) is 1. The molecule has 0 saturated heterocycles. The predicted octanol–water partition coefficient (Wildman–Crippen LogP) is -0.0241. The number of anilines is 1. The molecule has 0 bridgehead atoms. The monoisotopic (exact) mass is 273 g/mol. The Labute approximate surface area is 107 Å². The molecule has 0 aliphatic heterocycles. The Balaban J connectivity index is 2.98. The van der Waals surface area contributed by atoms with Gasteiger partial charge in [0.25, 0.3) is 5.91 Å². The first-order chi connectivity index (χ1) is 8.86. The van der Waals surface area contributed by atoms with Gasteiger partial charge in [0.2, 0.25) is 5.91 Å². The number of primary amides is 1. The minimum absolute atomic E-state index is 0.0721. The topological polar surface area (TPSA) is 107 Å². The molecule has 0 fully saturated rings. The zero-order chi connectivity index (χ0) is 14.6. The van der Waals surface area contributed by atoms with E-state index >= 15 is 0 Å². The summed E-state index contributed by atoms with van der Waals surface area (Å²) >= 11 is 0. The molecule has 6 nitrogen and oxygen atoms in total. The van der Waals surface area contributed by atoms with Gasteiger partial charge in [-0.25, -0.2) is 8.78 Å². The van der Waals surface area contributed by atoms with E-state index in [2.05, 4.69) is 10.1 Å². The number of methoxy groups -OCH3 is 1. The maximum absolute atomic E-state index is 13.4. The summed E-state index contributed by atoms with van der Waals surface area (Å²) in [6, 6.07) is 0.244. The molecule has 1 aromatic rings. The van der Waals surface area contributed by atoms with E-state index in [0.29, 0.717) is 6.07 Å². The maximum atomic E-state index is 13.4. The second-order valence-electron chi connectivity index (χ2n) is 3.73. The molecule has 0 saturated carbocycles. The summed E-state index contributed by atoms with van der Waals surface area (Å²) in [5.41, 5.74) is 9.43. The SMILES string of the molecule is COCC(N)C(=O)Nc1cc(C(N)=O)c(F)cc1F. The van der Waals surface area contributed by atoms with Gasteiger partial charge in [0.15, 0.2) is 0 Å². The van der Waals surface area contributed by atoms with Crippen LogP contribution >= 0.6 is 0 Å². The average Bonchev–Trinajstić information content (AvgIpc) is 2.32. The third-order valence-corrected chi connectivity index (χ3v) is 2.26. The van der Waals surface area contributed by atoms with Crippen LogP contribution in [0.2, 0.25) is 0 Å². The summed E-state index contributed by atoms with van der Waals surface area (Å²) in [6.45, 7) is -0.0721. The Kier molecular flexibility index (Phi) is 4.90. The molecule has 0 radical (unpaired) electrons. The van der Waals surface area contributed by atoms with Crippen LogP contribution in [-0.2, 0) is 9.53 Å². The highest BCUT2D eigenvalue weighted by Crippen LogP contribution is 2.19. The molecule has 19 heavy (non-hydrogen) atoms. The molecule has 1 rings (SSSR count). The minimum atomic E-state index is -1.11. The van der Waals surface area contributed by atoms with E-state index in [-0.39, 0.29) is 12.3 Å². The molecule has 0 aromatic heterocycles. The first kappa shape index (κ1) is 15.0. The number of nitrogens with two attached hydrogens (primary N) is 2. The van der Waals surface area contributed by atoms with Crippen LogP contribution in [0.5, 0.6) is 0 Å². The molecule has 0 aliphatic rings. The van der Waals surface area contributed by atoms with Gasteiger partial charge in [0.1, 0.15) is 17.7 Å². The molecule has 1 unspecified atom stereocenters. The Hall–Kier alpha value is -2.06. The van der Waals surface area contributed by atoms with Gasteiger partial charge in [0, 0.05) is 13.2 Å². The van der Waals surface area contributed by atoms with Crippen LogP contribution in [0.4, 0.5) is 14.5 Å². The number of carbonyl (C=O) groups is 2. The van der Waals surface area contributed by atoms with E-state index < -0.39 is 35.1 Å². The van der Waals surface area contributed by atoms with Crippen LogP contribution in [0, 0.1) is 11.6 Å². The number of carbonyl (C=O) groups excluding carboxylic acids is 2. The zero-order valence-corrected chi connectivity index (χ0v) is 10.1. The van der Waals surface area contributed by atoms with E-state index in [0.717, 1.165) is 6.07 Å². The summed E-state index contributed by atoms with van der Waals surface area (Å²) in [5, 5.41) is 2.12. The number of nitrogens with one attached hydrogen (secondary N) is 1. The van der Waals surface area contributed by atoms with Crippen LogP contribution in [-0.4, -0.2) is 31.6 Å². The average molecular weight is 273 g/mol. The van der Waals surface area contributed by atoms with E-state index in [4.69, 9.17) is 11.5 Å². The van der Waals surface area contributed by atoms with Crippen molar-refractivity contribution >= 4 is 17.5 Å². The summed E-state index contributed by atoms with van der Waals surface area (Å²) in [7, 11) is 1.34. The third-order valence-electron chi connectivity index (χ3n) is 2.26. The van der Waals surface area contributed by atoms with Crippen molar-refractivity contribution in [2.75, 3.05) is 19.0 Å². The van der Waals surface area contributed by atoms with Gasteiger partial charge in [-0.05, 0) is 6.07 Å². The van der Waals surface area contributed by atoms with E-state index in [9.17, 15) is 18.4 Å². The summed E-state index contributed by atoms with van der Waals surface area (Å²) in [4.78, 5) is 22.4. The third kappa shape index (κ3) is 3.70. The maximum Gasteiger partial charge on any atom is 0.251 e. The Bertz CT molecular complexity index is 508. The van der Waals surface area contributed by atoms with E-state index in [1.165, 1.54) is 7.11 Å². The molecular weight excluding hydrogens is 260 g/mol. The highest BCUT2D eigenvalue weighted by atomic mass is 19.1. The van der Waals surface area contributed by atoms with Gasteiger partial charge < -0.3 is 21.5 Å². The number of benzene rings is 1. The van der Waals surface area contributed by atoms with Crippen LogP contribution in [0.3, 0.4) is 0 Å². The van der Waals surface area contributed by atoms with Gasteiger partial charge in [-0.2, -0.15) is 0 Å². The molecule has 104 valence electrons. The van der Waals surface area contributed by atoms with Crippen LogP contribution < -0.4 is 16.8 Å². The van der Waals surface area contributed by atoms with Crippen LogP contribution in [0.15, 0.2) is 12.1 Å². The number of amides is 2. The Morgan fingerprint density at radius 1 is 1.37 bits per heavy atom. The minimum Gasteiger partial charge on any atom is -0.383 e. The first-order valence-electron chi connectivity index (χ1n) is 5.21. The zero-order valence-electron chi connectivity index (χ0n) is 10.1. The normalized spacial score (nSPS) is 12.0. The van der Waals surface area contributed by atoms with Crippen molar-refractivity contribution in [1.29, 1.82) is 0 Å². The van der Waals surface area contributed by atoms with E-state index in [1.54, 1.807) is 0 Å². The van der Waals surface area contributed by atoms with Crippen molar-refractivity contribution in [2.45, 2.75) is 6.04 Å². The molecule has 8 heteroatoms. The molecule has 1 atom stereocenters. The molecule has 2 amide bonds. The lowest BCUT2D eigenvalue weighted by molar-refractivity contribution is -0.118. The fourth-order valence-corrected chi connectivity index (χ4v) is 1.31. The Morgan fingerprint density at radius 2 is 2.00 bits per heavy atom. The molecular formula is C11H13F2N3O3. The number of rotatable bonds is 5. The fraction of sp³-hybridized carbons (Fsp3) is 0.273. The number of halogens is 2. The molecule has 0 aliphatic carbocycles. The molecule has 0 spiro atoms. The highest BCUT2D eigenvalue weighted by molar-refractivity contribution is 5.98. The van der Waals surface area contributed by atoms with Crippen molar-refractivity contribution in [3.05, 3.63) is 29.3 Å². The van der Waals surface area contributed by atoms with Crippen molar-refractivity contribution in [1.82, 2.24) is 0 Å². The smallest absolute Gasteiger partial charge is 0.251 e. The van der Waals surface area contributed by atoms with Crippen molar-refractivity contribution < 1.29 is 23.1 Å². The molecule has 1 aromatic carbocycles. The van der Waals surface area contributed by atoms with Gasteiger partial charge in [-0.15, -0.1) is 0 Å². The predicted molar refractivity (Wildman–Crippen MR) is 63.4 cm³/mol. The summed E-state index contributed by atoms with van der Waals surface area (Å²) in [6.07, 6.45) is 0. The van der Waals surface area contributed by atoms with Crippen molar-refractivity contribution in [2.24, 2.45) is 11.5 Å². The molecule has 5 N–H and O–H groups in total. The lowest BCUT2D eigenvalue weighted by Crippen LogP contribution is -2.39. The fourth-order valence-electron chi connectivity index (χ4n) is 1.31. The van der Waals surface area contributed by atoms with Crippen LogP contribution in [0.25, 0.3) is 0 Å². The van der Waals surface area contributed by atoms with Crippen molar-refractivity contribution in [3.8, 4) is 0 Å². The lowest BCUT2D eigenvalue weighted by Gasteiger charge is -2.12. The standard InChI is InChI=1S/C11H13F2N3O3/c1-19-4-8(14)11(18)16-9-2-5(10(15)17)6(12)3-7(9)13/h2-3,8H,4,14H2,1H3,(H2,15,17)(H,16,18). The second kappa shape index (κ2) is 6.21. The summed E-state index contributed by atoms with van der Waals surface area (Å²) < 4.78 is 31.3. The quantitative estimate of drug-likeness (QED) is 0.700. The van der Waals surface area contributed by atoms with Gasteiger partial charge >= 0.3 is 0 Å². The highest BCUT2D eigenvalue weighted by Gasteiger charge is 2.18. The molecule has 0 heterocycles. The van der Waals surface area contributed by atoms with Gasteiger partial charge in [-0.1, -0.05) is 0 Å². The first-order valence-corrected chi connectivity index (χ1v) is 5.21. The largest absolute Gasteiger partial charge is 0.383 e. The van der Waals surface area contributed by atoms with Gasteiger partial charge in [-0.3, -0.25) is 9.59 Å². The van der Waals surface area contributed by atoms with Gasteiger partial charge in [0.05, 0.1) is 17.9 Å². The second-order valence-corrected chi connectivity index (χ2v) is 3.73. The number of hydrogen-bond acceptors (Lipinski definition) is 4. The lowest BCUT2D eigenvalue weighted by atomic mass is 10.1.